The Hall–Kier alpha value is -2.75. The Kier molecular flexibility index (Phi) is 4.06. The average molecular weight is 351 g/mol. The molecule has 3 rings (SSSR count). The lowest BCUT2D eigenvalue weighted by Gasteiger charge is -2.15. The molecule has 1 fully saturated rings. The number of thiophene rings is 1. The number of ether oxygens (including phenoxy) is 2. The second-order valence-electron chi connectivity index (χ2n) is 4.94. The molecule has 2 aliphatic rings. The molecule has 0 aromatic carbocycles. The highest BCUT2D eigenvalue weighted by Gasteiger charge is 2.56. The van der Waals surface area contributed by atoms with E-state index in [1.54, 1.807) is 12.3 Å². The van der Waals surface area contributed by atoms with Crippen molar-refractivity contribution in [3.8, 4) is 0 Å². The van der Waals surface area contributed by atoms with Crippen molar-refractivity contribution >= 4 is 46.5 Å². The molecule has 0 saturated carbocycles. The highest BCUT2D eigenvalue weighted by molar-refractivity contribution is 7.12. The van der Waals surface area contributed by atoms with Crippen LogP contribution in [0.5, 0.6) is 0 Å². The van der Waals surface area contributed by atoms with Gasteiger partial charge in [0.2, 0.25) is 5.91 Å². The van der Waals surface area contributed by atoms with E-state index in [9.17, 15) is 19.2 Å². The molecule has 3 heterocycles. The molecule has 0 bridgehead atoms. The Morgan fingerprint density at radius 3 is 2.75 bits per heavy atom. The van der Waals surface area contributed by atoms with Gasteiger partial charge in [-0.25, -0.2) is 14.5 Å². The van der Waals surface area contributed by atoms with E-state index in [2.05, 4.69) is 15.3 Å². The number of anilines is 1. The van der Waals surface area contributed by atoms with E-state index in [0.717, 1.165) is 16.2 Å². The normalized spacial score (nSPS) is 22.1. The summed E-state index contributed by atoms with van der Waals surface area (Å²) in [5.74, 6) is -3.69. The average Bonchev–Trinajstić information content (AvgIpc) is 3.25. The van der Waals surface area contributed by atoms with E-state index in [-0.39, 0.29) is 22.9 Å². The van der Waals surface area contributed by atoms with Crippen LogP contribution in [0, 0.1) is 5.92 Å². The number of imide groups is 1. The molecule has 0 aliphatic carbocycles. The zero-order valence-electron chi connectivity index (χ0n) is 12.8. The van der Waals surface area contributed by atoms with Gasteiger partial charge in [-0.1, -0.05) is 0 Å². The first kappa shape index (κ1) is 16.1. The lowest BCUT2D eigenvalue weighted by molar-refractivity contribution is -0.136. The number of nitrogens with one attached hydrogen (secondary N) is 1. The summed E-state index contributed by atoms with van der Waals surface area (Å²) in [6.45, 7) is 1.75. The van der Waals surface area contributed by atoms with Crippen molar-refractivity contribution in [3.63, 3.8) is 0 Å². The highest BCUT2D eigenvalue weighted by Crippen LogP contribution is 2.35. The Bertz CT molecular complexity index is 770. The van der Waals surface area contributed by atoms with Crippen LogP contribution >= 0.6 is 11.3 Å². The molecule has 0 radical (unpaired) electrons. The lowest BCUT2D eigenvalue weighted by atomic mass is 9.99. The number of esters is 2. The van der Waals surface area contributed by atoms with E-state index in [0.29, 0.717) is 0 Å². The Morgan fingerprint density at radius 2 is 2.08 bits per heavy atom. The van der Waals surface area contributed by atoms with Gasteiger partial charge in [-0.15, -0.1) is 11.3 Å². The molecule has 2 atom stereocenters. The van der Waals surface area contributed by atoms with E-state index >= 15 is 0 Å². The molecule has 1 aromatic heterocycles. The topological polar surface area (TPSA) is 114 Å². The summed E-state index contributed by atoms with van der Waals surface area (Å²) in [5, 5.41) is 5.34. The van der Waals surface area contributed by atoms with Crippen molar-refractivity contribution in [1.29, 1.82) is 0 Å². The summed E-state index contributed by atoms with van der Waals surface area (Å²) in [7, 11) is 1.21. The number of hydrogen-bond donors (Lipinski definition) is 1. The Morgan fingerprint density at radius 1 is 1.33 bits per heavy atom. The van der Waals surface area contributed by atoms with Crippen LogP contribution < -0.4 is 10.3 Å². The molecule has 9 nitrogen and oxygen atoms in total. The third-order valence-corrected chi connectivity index (χ3v) is 4.55. The van der Waals surface area contributed by atoms with Crippen molar-refractivity contribution in [2.45, 2.75) is 13.0 Å². The molecule has 126 valence electrons. The summed E-state index contributed by atoms with van der Waals surface area (Å²) in [4.78, 5) is 50.0. The van der Waals surface area contributed by atoms with Crippen LogP contribution in [0.1, 0.15) is 16.6 Å². The Labute approximate surface area is 140 Å². The predicted octanol–water partition coefficient (Wildman–Crippen LogP) is -0.0850. The second kappa shape index (κ2) is 6.04. The van der Waals surface area contributed by atoms with Crippen LogP contribution in [-0.4, -0.2) is 49.2 Å². The van der Waals surface area contributed by atoms with Crippen molar-refractivity contribution in [3.05, 3.63) is 16.3 Å². The highest BCUT2D eigenvalue weighted by atomic mass is 32.1. The molecule has 0 spiro atoms. The molecule has 24 heavy (non-hydrogen) atoms. The molecular weight excluding hydrogens is 338 g/mol. The van der Waals surface area contributed by atoms with Crippen LogP contribution in [0.25, 0.3) is 0 Å². The van der Waals surface area contributed by atoms with Gasteiger partial charge in [-0.05, 0) is 18.4 Å². The molecule has 10 heteroatoms. The van der Waals surface area contributed by atoms with Crippen LogP contribution in [-0.2, 0) is 23.9 Å². The number of methoxy groups -OCH3 is 1. The van der Waals surface area contributed by atoms with Gasteiger partial charge >= 0.3 is 11.9 Å². The van der Waals surface area contributed by atoms with Gasteiger partial charge in [0.25, 0.3) is 5.91 Å². The summed E-state index contributed by atoms with van der Waals surface area (Å²) in [6, 6.07) is 0.497. The number of rotatable bonds is 4. The fraction of sp³-hybridized carbons (Fsp3) is 0.357. The summed E-state index contributed by atoms with van der Waals surface area (Å²) < 4.78 is 9.52. The van der Waals surface area contributed by atoms with Gasteiger partial charge in [0, 0.05) is 0 Å². The van der Waals surface area contributed by atoms with Crippen LogP contribution in [0.3, 0.4) is 0 Å². The largest absolute Gasteiger partial charge is 0.465 e. The first-order valence-corrected chi connectivity index (χ1v) is 7.93. The van der Waals surface area contributed by atoms with Gasteiger partial charge in [-0.2, -0.15) is 5.10 Å². The maximum Gasteiger partial charge on any atom is 0.355 e. The van der Waals surface area contributed by atoms with Crippen molar-refractivity contribution < 1.29 is 28.7 Å². The number of hydrazone groups is 1. The smallest absolute Gasteiger partial charge is 0.355 e. The second-order valence-corrected chi connectivity index (χ2v) is 5.86. The molecule has 2 amide bonds. The maximum absolute atomic E-state index is 12.7. The minimum atomic E-state index is -1.07. The zero-order chi connectivity index (χ0) is 17.4. The first-order chi connectivity index (χ1) is 11.5. The number of carbonyl (C=O) groups is 4. The molecule has 1 N–H and O–H groups in total. The zero-order valence-corrected chi connectivity index (χ0v) is 13.6. The van der Waals surface area contributed by atoms with E-state index in [1.165, 1.54) is 13.2 Å². The molecule has 1 aromatic rings. The minimum absolute atomic E-state index is 0.123. The van der Waals surface area contributed by atoms with Gasteiger partial charge in [0.05, 0.1) is 19.4 Å². The number of carbonyl (C=O) groups excluding carboxylic acids is 4. The van der Waals surface area contributed by atoms with Crippen LogP contribution in [0.15, 0.2) is 16.5 Å². The van der Waals surface area contributed by atoms with Gasteiger partial charge < -0.3 is 9.47 Å². The molecular formula is C14H13N3O6S. The number of fused-ring (bicyclic) bond motifs is 1. The summed E-state index contributed by atoms with van der Waals surface area (Å²) in [6.07, 6.45) is 0. The van der Waals surface area contributed by atoms with Gasteiger partial charge in [0.15, 0.2) is 5.71 Å². The molecule has 0 unspecified atom stereocenters. The number of hydrogen-bond acceptors (Lipinski definition) is 9. The Balaban J connectivity index is 1.94. The number of nitrogens with zero attached hydrogens (tertiary/aromatic N) is 2. The van der Waals surface area contributed by atoms with Crippen molar-refractivity contribution in [1.82, 2.24) is 5.43 Å². The van der Waals surface area contributed by atoms with E-state index < -0.39 is 35.7 Å². The minimum Gasteiger partial charge on any atom is -0.465 e. The lowest BCUT2D eigenvalue weighted by Crippen LogP contribution is -2.36. The fourth-order valence-corrected chi connectivity index (χ4v) is 3.42. The fourth-order valence-electron chi connectivity index (χ4n) is 2.62. The van der Waals surface area contributed by atoms with E-state index in [1.807, 2.05) is 0 Å². The van der Waals surface area contributed by atoms with E-state index in [4.69, 9.17) is 4.74 Å². The summed E-state index contributed by atoms with van der Waals surface area (Å²) in [5.41, 5.74) is 2.50. The van der Waals surface area contributed by atoms with Crippen molar-refractivity contribution in [2.24, 2.45) is 11.0 Å². The quantitative estimate of drug-likeness (QED) is 0.596. The van der Waals surface area contributed by atoms with Crippen LogP contribution in [0.4, 0.5) is 5.69 Å². The van der Waals surface area contributed by atoms with Gasteiger partial charge in [0.1, 0.15) is 16.8 Å². The maximum atomic E-state index is 12.7. The first-order valence-electron chi connectivity index (χ1n) is 7.05. The third-order valence-electron chi connectivity index (χ3n) is 3.67. The monoisotopic (exact) mass is 351 g/mol. The van der Waals surface area contributed by atoms with Gasteiger partial charge in [-0.3, -0.25) is 15.0 Å². The molecule has 2 aliphatic heterocycles. The van der Waals surface area contributed by atoms with Crippen molar-refractivity contribution in [2.75, 3.05) is 18.6 Å². The summed E-state index contributed by atoms with van der Waals surface area (Å²) >= 11 is 1.05. The predicted molar refractivity (Wildman–Crippen MR) is 82.6 cm³/mol. The third kappa shape index (κ3) is 2.26. The van der Waals surface area contributed by atoms with Crippen LogP contribution in [0.2, 0.25) is 0 Å². The molecule has 1 saturated heterocycles. The number of amides is 2. The standard InChI is InChI=1S/C14H13N3O6S/c1-3-23-13(20)9-7-8(15-16-9)12(19)17(11(7)18)6-4-5-24-10(6)14(21)22-2/h4-5,7-8,15H,3H2,1-2H3/t7-,8+/m1/s1. The SMILES string of the molecule is CCOC(=O)C1=NN[C@@H]2C(=O)N(c3ccsc3C(=O)OC)C(=O)[C@@H]12.